The molecular weight excluding hydrogens is 454 g/mol. The van der Waals surface area contributed by atoms with Crippen LogP contribution in [0.25, 0.3) is 22.2 Å². The molecule has 1 amide bonds. The first-order chi connectivity index (χ1) is 17.6. The van der Waals surface area contributed by atoms with E-state index in [1.807, 2.05) is 24.3 Å². The van der Waals surface area contributed by atoms with Gasteiger partial charge < -0.3 is 20.3 Å². The lowest BCUT2D eigenvalue weighted by Gasteiger charge is -2.27. The fraction of sp³-hybridized carbons (Fsp3) is 0.222. The molecule has 0 atom stereocenters. The van der Waals surface area contributed by atoms with Crippen LogP contribution in [0.5, 0.6) is 0 Å². The van der Waals surface area contributed by atoms with Gasteiger partial charge in [0.05, 0.1) is 36.3 Å². The fourth-order valence-electron chi connectivity index (χ4n) is 4.19. The normalized spacial score (nSPS) is 13.4. The first-order valence-electron chi connectivity index (χ1n) is 11.9. The van der Waals surface area contributed by atoms with Crippen LogP contribution in [0.15, 0.2) is 67.6 Å². The number of morpholine rings is 1. The summed E-state index contributed by atoms with van der Waals surface area (Å²) in [4.78, 5) is 32.6. The topological polar surface area (TPSA) is 105 Å². The molecule has 4 heterocycles. The van der Waals surface area contributed by atoms with E-state index < -0.39 is 0 Å². The maximum Gasteiger partial charge on any atom is 0.247 e. The number of amides is 1. The summed E-state index contributed by atoms with van der Waals surface area (Å²) in [6, 6.07) is 11.6. The van der Waals surface area contributed by atoms with Crippen molar-refractivity contribution < 1.29 is 9.53 Å². The van der Waals surface area contributed by atoms with Crippen molar-refractivity contribution in [1.82, 2.24) is 19.9 Å². The molecule has 5 rings (SSSR count). The van der Waals surface area contributed by atoms with Crippen molar-refractivity contribution in [3.63, 3.8) is 0 Å². The highest BCUT2D eigenvalue weighted by Gasteiger charge is 2.15. The van der Waals surface area contributed by atoms with Gasteiger partial charge in [-0.2, -0.15) is 0 Å². The summed E-state index contributed by atoms with van der Waals surface area (Å²) in [6.45, 7) is 8.71. The van der Waals surface area contributed by atoms with Crippen LogP contribution in [0.3, 0.4) is 0 Å². The summed E-state index contributed by atoms with van der Waals surface area (Å²) in [5.41, 5.74) is 4.96. The predicted molar refractivity (Wildman–Crippen MR) is 142 cm³/mol. The van der Waals surface area contributed by atoms with E-state index in [1.165, 1.54) is 6.08 Å². The van der Waals surface area contributed by atoms with Gasteiger partial charge in [-0.05, 0) is 42.3 Å². The van der Waals surface area contributed by atoms with Gasteiger partial charge in [-0.25, -0.2) is 15.0 Å². The Bertz CT molecular complexity index is 1400. The lowest BCUT2D eigenvalue weighted by Crippen LogP contribution is -2.36. The molecule has 9 nitrogen and oxygen atoms in total. The predicted octanol–water partition coefficient (Wildman–Crippen LogP) is 4.35. The molecule has 4 aromatic rings. The van der Waals surface area contributed by atoms with Crippen molar-refractivity contribution in [1.29, 1.82) is 0 Å². The number of carbonyl (C=O) groups is 1. The lowest BCUT2D eigenvalue weighted by molar-refractivity contribution is -0.111. The number of hydrogen-bond acceptors (Lipinski definition) is 8. The van der Waals surface area contributed by atoms with Gasteiger partial charge in [0.15, 0.2) is 0 Å². The third kappa shape index (κ3) is 5.01. The van der Waals surface area contributed by atoms with Gasteiger partial charge in [0.1, 0.15) is 5.82 Å². The standard InChI is InChI=1S/C27H27N7O2/c1-3-18-5-6-19-16-30-27(32-21-7-8-23(29-17-21)34-11-13-36-14-12-34)33-26(19)25(18)22-15-20(9-10-28-22)31-24(35)4-2/h4-10,15-17H,2-3,11-14H2,1H3,(H,28,31,35)(H,30,32,33). The van der Waals surface area contributed by atoms with Gasteiger partial charge in [0, 0.05) is 42.1 Å². The number of anilines is 4. The molecule has 1 aromatic carbocycles. The van der Waals surface area contributed by atoms with Crippen molar-refractivity contribution in [3.05, 3.63) is 73.2 Å². The van der Waals surface area contributed by atoms with Gasteiger partial charge in [0.2, 0.25) is 11.9 Å². The summed E-state index contributed by atoms with van der Waals surface area (Å²) in [7, 11) is 0. The molecule has 2 N–H and O–H groups in total. The summed E-state index contributed by atoms with van der Waals surface area (Å²) < 4.78 is 5.42. The Labute approximate surface area is 209 Å². The average molecular weight is 482 g/mol. The van der Waals surface area contributed by atoms with Crippen molar-refractivity contribution in [2.24, 2.45) is 0 Å². The zero-order chi connectivity index (χ0) is 24.9. The Morgan fingerprint density at radius 2 is 1.94 bits per heavy atom. The molecule has 0 aliphatic carbocycles. The third-order valence-electron chi connectivity index (χ3n) is 6.03. The summed E-state index contributed by atoms with van der Waals surface area (Å²) in [5, 5.41) is 6.97. The first kappa shape index (κ1) is 23.4. The largest absolute Gasteiger partial charge is 0.378 e. The van der Waals surface area contributed by atoms with E-state index in [1.54, 1.807) is 24.7 Å². The number of pyridine rings is 2. The number of nitrogens with one attached hydrogen (secondary N) is 2. The van der Waals surface area contributed by atoms with Crippen molar-refractivity contribution in [2.45, 2.75) is 13.3 Å². The highest BCUT2D eigenvalue weighted by Crippen LogP contribution is 2.32. The Kier molecular flexibility index (Phi) is 6.81. The van der Waals surface area contributed by atoms with Crippen LogP contribution in [0.1, 0.15) is 12.5 Å². The third-order valence-corrected chi connectivity index (χ3v) is 6.03. The van der Waals surface area contributed by atoms with Crippen LogP contribution < -0.4 is 15.5 Å². The zero-order valence-corrected chi connectivity index (χ0v) is 20.1. The SMILES string of the molecule is C=CC(=O)Nc1ccnc(-c2c(CC)ccc3cnc(Nc4ccc(N5CCOCC5)nc4)nc23)c1. The molecule has 9 heteroatoms. The van der Waals surface area contributed by atoms with E-state index in [0.717, 1.165) is 58.7 Å². The molecule has 0 spiro atoms. The van der Waals surface area contributed by atoms with Crippen LogP contribution in [-0.2, 0) is 16.0 Å². The lowest BCUT2D eigenvalue weighted by atomic mass is 9.98. The summed E-state index contributed by atoms with van der Waals surface area (Å²) in [6.07, 6.45) is 7.30. The monoisotopic (exact) mass is 481 g/mol. The van der Waals surface area contributed by atoms with Crippen molar-refractivity contribution >= 4 is 40.0 Å². The average Bonchev–Trinajstić information content (AvgIpc) is 2.93. The van der Waals surface area contributed by atoms with Crippen LogP contribution in [0.2, 0.25) is 0 Å². The molecule has 1 aliphatic heterocycles. The minimum Gasteiger partial charge on any atom is -0.378 e. The minimum atomic E-state index is -0.275. The summed E-state index contributed by atoms with van der Waals surface area (Å²) in [5.74, 6) is 1.12. The second-order valence-corrected chi connectivity index (χ2v) is 8.34. The molecule has 182 valence electrons. The number of fused-ring (bicyclic) bond motifs is 1. The Balaban J connectivity index is 1.47. The highest BCUT2D eigenvalue weighted by molar-refractivity contribution is 6.00. The molecule has 0 saturated carbocycles. The molecule has 1 aliphatic rings. The zero-order valence-electron chi connectivity index (χ0n) is 20.1. The van der Waals surface area contributed by atoms with E-state index in [0.29, 0.717) is 24.8 Å². The molecule has 0 radical (unpaired) electrons. The molecule has 1 saturated heterocycles. The molecule has 1 fully saturated rings. The van der Waals surface area contributed by atoms with Gasteiger partial charge >= 0.3 is 0 Å². The summed E-state index contributed by atoms with van der Waals surface area (Å²) >= 11 is 0. The Morgan fingerprint density at radius 1 is 1.08 bits per heavy atom. The number of benzene rings is 1. The fourth-order valence-corrected chi connectivity index (χ4v) is 4.19. The van der Waals surface area contributed by atoms with E-state index >= 15 is 0 Å². The molecule has 3 aromatic heterocycles. The molecule has 0 bridgehead atoms. The molecule has 0 unspecified atom stereocenters. The second-order valence-electron chi connectivity index (χ2n) is 8.34. The maximum absolute atomic E-state index is 11.8. The van der Waals surface area contributed by atoms with Crippen molar-refractivity contribution in [2.75, 3.05) is 41.8 Å². The molecular formula is C27H27N7O2. The first-order valence-corrected chi connectivity index (χ1v) is 11.9. The van der Waals surface area contributed by atoms with Gasteiger partial charge in [-0.3, -0.25) is 9.78 Å². The van der Waals surface area contributed by atoms with E-state index in [9.17, 15) is 4.79 Å². The van der Waals surface area contributed by atoms with Crippen LogP contribution in [-0.4, -0.2) is 52.1 Å². The minimum absolute atomic E-state index is 0.275. The number of carbonyl (C=O) groups excluding carboxylic acids is 1. The molecule has 36 heavy (non-hydrogen) atoms. The number of nitrogens with zero attached hydrogens (tertiary/aromatic N) is 5. The second kappa shape index (κ2) is 10.5. The quantitative estimate of drug-likeness (QED) is 0.375. The smallest absolute Gasteiger partial charge is 0.247 e. The Hall–Kier alpha value is -4.37. The number of hydrogen-bond donors (Lipinski definition) is 2. The van der Waals surface area contributed by atoms with E-state index in [4.69, 9.17) is 9.72 Å². The maximum atomic E-state index is 11.8. The van der Waals surface area contributed by atoms with E-state index in [-0.39, 0.29) is 5.91 Å². The van der Waals surface area contributed by atoms with E-state index in [2.05, 4.69) is 50.1 Å². The number of ether oxygens (including phenoxy) is 1. The number of aromatic nitrogens is 4. The van der Waals surface area contributed by atoms with Crippen LogP contribution in [0.4, 0.5) is 23.1 Å². The van der Waals surface area contributed by atoms with Gasteiger partial charge in [-0.1, -0.05) is 25.6 Å². The van der Waals surface area contributed by atoms with Crippen LogP contribution in [0, 0.1) is 0 Å². The number of rotatable bonds is 7. The Morgan fingerprint density at radius 3 is 2.69 bits per heavy atom. The number of aryl methyl sites for hydroxylation is 1. The van der Waals surface area contributed by atoms with Gasteiger partial charge in [-0.15, -0.1) is 0 Å². The highest BCUT2D eigenvalue weighted by atomic mass is 16.5. The van der Waals surface area contributed by atoms with Crippen molar-refractivity contribution in [3.8, 4) is 11.3 Å². The van der Waals surface area contributed by atoms with Crippen LogP contribution >= 0.6 is 0 Å². The van der Waals surface area contributed by atoms with Gasteiger partial charge in [0.25, 0.3) is 0 Å².